The molecule has 2 heterocycles. The first kappa shape index (κ1) is 26.3. The zero-order valence-electron chi connectivity index (χ0n) is 18.6. The Morgan fingerprint density at radius 3 is 2.57 bits per heavy atom. The molecule has 0 bridgehead atoms. The molecule has 35 heavy (non-hydrogen) atoms. The maximum absolute atomic E-state index is 14.2. The number of hydrogen-bond donors (Lipinski definition) is 2. The second-order valence-corrected chi connectivity index (χ2v) is 9.30. The van der Waals surface area contributed by atoms with Crippen molar-refractivity contribution in [1.82, 2.24) is 14.3 Å². The summed E-state index contributed by atoms with van der Waals surface area (Å²) in [6.07, 6.45) is 1.47. The van der Waals surface area contributed by atoms with Crippen LogP contribution in [-0.2, 0) is 16.6 Å². The molecule has 0 amide bonds. The summed E-state index contributed by atoms with van der Waals surface area (Å²) in [5.41, 5.74) is 2.13. The van der Waals surface area contributed by atoms with Crippen LogP contribution in [0.2, 0.25) is 0 Å². The predicted octanol–water partition coefficient (Wildman–Crippen LogP) is 5.21. The summed E-state index contributed by atoms with van der Waals surface area (Å²) < 4.78 is 71.8. The van der Waals surface area contributed by atoms with Gasteiger partial charge in [-0.1, -0.05) is 12.1 Å². The third kappa shape index (κ3) is 5.53. The molecule has 0 fully saturated rings. The second-order valence-electron chi connectivity index (χ2n) is 7.49. The molecule has 7 nitrogen and oxygen atoms in total. The highest BCUT2D eigenvalue weighted by molar-refractivity contribution is 7.90. The Kier molecular flexibility index (Phi) is 7.93. The molecule has 12 heteroatoms. The first-order valence-electron chi connectivity index (χ1n) is 10.2. The molecule has 4 aromatic rings. The highest BCUT2D eigenvalue weighted by Crippen LogP contribution is 2.31. The normalized spacial score (nSPS) is 11.5. The van der Waals surface area contributed by atoms with E-state index in [1.165, 1.54) is 24.4 Å². The first-order chi connectivity index (χ1) is 16.2. The van der Waals surface area contributed by atoms with Crippen molar-refractivity contribution in [1.29, 1.82) is 0 Å². The largest absolute Gasteiger partial charge is 0.435 e. The van der Waals surface area contributed by atoms with Gasteiger partial charge in [0.25, 0.3) is 10.0 Å². The van der Waals surface area contributed by atoms with E-state index in [9.17, 15) is 21.6 Å². The van der Waals surface area contributed by atoms with Crippen LogP contribution >= 0.6 is 12.4 Å². The highest BCUT2D eigenvalue weighted by Gasteiger charge is 2.22. The summed E-state index contributed by atoms with van der Waals surface area (Å²) in [4.78, 5) is 3.56. The van der Waals surface area contributed by atoms with Crippen LogP contribution in [0.15, 0.2) is 65.7 Å². The number of nitrogens with zero attached hydrogens (tertiary/aromatic N) is 2. The monoisotopic (exact) mass is 526 g/mol. The number of nitrogens with one attached hydrogen (secondary N) is 2. The van der Waals surface area contributed by atoms with Gasteiger partial charge in [0.15, 0.2) is 0 Å². The molecule has 2 aromatic carbocycles. The smallest absolute Gasteiger partial charge is 0.387 e. The minimum atomic E-state index is -4.17. The summed E-state index contributed by atoms with van der Waals surface area (Å²) >= 11 is 0. The van der Waals surface area contributed by atoms with Crippen molar-refractivity contribution in [3.8, 4) is 5.75 Å². The Morgan fingerprint density at radius 2 is 1.89 bits per heavy atom. The van der Waals surface area contributed by atoms with Gasteiger partial charge in [0, 0.05) is 35.6 Å². The minimum absolute atomic E-state index is 0. The van der Waals surface area contributed by atoms with Crippen molar-refractivity contribution >= 4 is 44.7 Å². The van der Waals surface area contributed by atoms with E-state index in [2.05, 4.69) is 20.4 Å². The molecular weight excluding hydrogens is 505 g/mol. The van der Waals surface area contributed by atoms with Crippen LogP contribution in [-0.4, -0.2) is 31.0 Å². The molecule has 0 aliphatic heterocycles. The fraction of sp³-hybridized carbons (Fsp3) is 0.174. The van der Waals surface area contributed by atoms with Gasteiger partial charge in [-0.15, -0.1) is 12.4 Å². The number of aryl methyl sites for hydroxylation is 1. The molecule has 0 aliphatic carbocycles. The lowest BCUT2D eigenvalue weighted by molar-refractivity contribution is -0.0499. The second kappa shape index (κ2) is 10.5. The topological polar surface area (TPSA) is 85.2 Å². The summed E-state index contributed by atoms with van der Waals surface area (Å²) in [5, 5.41) is 6.57. The van der Waals surface area contributed by atoms with Gasteiger partial charge in [-0.3, -0.25) is 0 Å². The Balaban J connectivity index is 0.00000342. The fourth-order valence-electron chi connectivity index (χ4n) is 3.57. The van der Waals surface area contributed by atoms with E-state index >= 15 is 0 Å². The van der Waals surface area contributed by atoms with E-state index in [1.807, 2.05) is 0 Å². The van der Waals surface area contributed by atoms with Crippen LogP contribution in [0.3, 0.4) is 0 Å². The van der Waals surface area contributed by atoms with Crippen molar-refractivity contribution < 1.29 is 26.3 Å². The van der Waals surface area contributed by atoms with Crippen molar-refractivity contribution in [3.63, 3.8) is 0 Å². The summed E-state index contributed by atoms with van der Waals surface area (Å²) in [6.45, 7) is -1.03. The Bertz CT molecular complexity index is 1460. The molecule has 0 saturated heterocycles. The number of anilines is 2. The molecule has 186 valence electrons. The third-order valence-corrected chi connectivity index (χ3v) is 6.75. The van der Waals surface area contributed by atoms with Gasteiger partial charge >= 0.3 is 6.61 Å². The molecule has 2 aromatic heterocycles. The number of hydrogen-bond acceptors (Lipinski definition) is 6. The van der Waals surface area contributed by atoms with Gasteiger partial charge in [0.2, 0.25) is 5.95 Å². The lowest BCUT2D eigenvalue weighted by Crippen LogP contribution is -2.13. The van der Waals surface area contributed by atoms with Gasteiger partial charge in [0.1, 0.15) is 5.75 Å². The molecule has 0 aliphatic rings. The van der Waals surface area contributed by atoms with Crippen molar-refractivity contribution in [3.05, 3.63) is 78.0 Å². The molecular formula is C23H22ClF3N4O3S. The first-order valence-corrected chi connectivity index (χ1v) is 11.6. The van der Waals surface area contributed by atoms with Crippen molar-refractivity contribution in [2.24, 2.45) is 0 Å². The van der Waals surface area contributed by atoms with E-state index in [1.54, 1.807) is 44.3 Å². The van der Waals surface area contributed by atoms with Gasteiger partial charge < -0.3 is 15.4 Å². The minimum Gasteiger partial charge on any atom is -0.435 e. The number of ether oxygens (including phenoxy) is 1. The highest BCUT2D eigenvalue weighted by atomic mass is 35.5. The summed E-state index contributed by atoms with van der Waals surface area (Å²) in [7, 11) is -2.45. The van der Waals surface area contributed by atoms with E-state index in [0.29, 0.717) is 34.4 Å². The number of rotatable bonds is 8. The Morgan fingerprint density at radius 1 is 1.11 bits per heavy atom. The predicted molar refractivity (Wildman–Crippen MR) is 130 cm³/mol. The average molecular weight is 527 g/mol. The van der Waals surface area contributed by atoms with E-state index in [-0.39, 0.29) is 28.7 Å². The average Bonchev–Trinajstić information content (AvgIpc) is 3.14. The molecule has 0 saturated carbocycles. The lowest BCUT2D eigenvalue weighted by Gasteiger charge is -2.11. The fourth-order valence-corrected chi connectivity index (χ4v) is 4.99. The third-order valence-electron chi connectivity index (χ3n) is 5.08. The molecule has 0 spiro atoms. The van der Waals surface area contributed by atoms with Gasteiger partial charge in [-0.25, -0.2) is 17.4 Å². The zero-order valence-corrected chi connectivity index (χ0v) is 20.3. The number of fused-ring (bicyclic) bond motifs is 1. The number of halogens is 4. The molecule has 4 rings (SSSR count). The number of benzene rings is 2. The van der Waals surface area contributed by atoms with Crippen LogP contribution in [0.1, 0.15) is 11.3 Å². The molecule has 2 N–H and O–H groups in total. The zero-order chi connectivity index (χ0) is 24.5. The van der Waals surface area contributed by atoms with Crippen LogP contribution in [0.5, 0.6) is 5.75 Å². The van der Waals surface area contributed by atoms with Crippen LogP contribution in [0, 0.1) is 12.9 Å². The summed E-state index contributed by atoms with van der Waals surface area (Å²) in [6, 6.07) is 13.1. The Labute approximate surface area is 206 Å². The molecule has 0 unspecified atom stereocenters. The van der Waals surface area contributed by atoms with E-state index in [4.69, 9.17) is 0 Å². The van der Waals surface area contributed by atoms with Crippen molar-refractivity contribution in [2.75, 3.05) is 12.4 Å². The van der Waals surface area contributed by atoms with Gasteiger partial charge in [-0.2, -0.15) is 13.2 Å². The van der Waals surface area contributed by atoms with Crippen LogP contribution in [0.4, 0.5) is 24.5 Å². The van der Waals surface area contributed by atoms with Gasteiger partial charge in [-0.05, 0) is 55.9 Å². The number of aromatic nitrogens is 2. The SMILES string of the molecule is CNCc1cn(S(=O)(=O)c2cccc(OC(F)F)c2)c2cc(Nc3ccc(C)nc3F)ccc12.Cl. The number of pyridine rings is 1. The standard InChI is InChI=1S/C23H21F3N4O3S.ClH/c1-14-6-9-20(22(24)28-14)29-16-7-8-19-15(12-27-2)13-30(21(19)10-16)34(31,32)18-5-3-4-17(11-18)33-23(25)26;/h3-11,13,23,27,29H,12H2,1-2H3;1H. The van der Waals surface area contributed by atoms with Crippen LogP contribution in [0.25, 0.3) is 10.9 Å². The van der Waals surface area contributed by atoms with Gasteiger partial charge in [0.05, 0.1) is 16.1 Å². The Hall–Kier alpha value is -3.28. The molecule has 0 radical (unpaired) electrons. The number of alkyl halides is 2. The molecule has 0 atom stereocenters. The lowest BCUT2D eigenvalue weighted by atomic mass is 10.1. The summed E-state index contributed by atoms with van der Waals surface area (Å²) in [5.74, 6) is -0.956. The van der Waals surface area contributed by atoms with Crippen molar-refractivity contribution in [2.45, 2.75) is 25.0 Å². The van der Waals surface area contributed by atoms with Crippen LogP contribution < -0.4 is 15.4 Å². The quantitative estimate of drug-likeness (QED) is 0.307. The van der Waals surface area contributed by atoms with E-state index < -0.39 is 22.6 Å². The van der Waals surface area contributed by atoms with E-state index in [0.717, 1.165) is 10.0 Å². The maximum atomic E-state index is 14.2. The maximum Gasteiger partial charge on any atom is 0.387 e.